The van der Waals surface area contributed by atoms with E-state index in [1.165, 1.54) is 7.05 Å². The summed E-state index contributed by atoms with van der Waals surface area (Å²) in [6.45, 7) is 0.879. The summed E-state index contributed by atoms with van der Waals surface area (Å²) in [7, 11) is 1.51. The monoisotopic (exact) mass is 261 g/mol. The Balaban J connectivity index is 2.21. The highest BCUT2D eigenvalue weighted by Gasteiger charge is 2.32. The predicted octanol–water partition coefficient (Wildman–Crippen LogP) is 2.67. The molecule has 6 heteroatoms. The van der Waals surface area contributed by atoms with Gasteiger partial charge in [0, 0.05) is 6.04 Å². The second-order valence-electron chi connectivity index (χ2n) is 4.06. The molecule has 0 aliphatic carbocycles. The van der Waals surface area contributed by atoms with Crippen LogP contribution >= 0.6 is 0 Å². The Morgan fingerprint density at radius 2 is 1.89 bits per heavy atom. The Kier molecular flexibility index (Phi) is 3.65. The number of nitrogens with one attached hydrogen (secondary N) is 1. The average molecular weight is 261 g/mol. The maximum absolute atomic E-state index is 12.4. The van der Waals surface area contributed by atoms with E-state index in [2.05, 4.69) is 5.32 Å². The van der Waals surface area contributed by atoms with Crippen molar-refractivity contribution >= 4 is 0 Å². The van der Waals surface area contributed by atoms with Crippen molar-refractivity contribution in [1.29, 1.82) is 0 Å². The van der Waals surface area contributed by atoms with Crippen LogP contribution in [0, 0.1) is 0 Å². The van der Waals surface area contributed by atoms with Crippen LogP contribution in [0.1, 0.15) is 18.0 Å². The number of hydrogen-bond acceptors (Lipinski definition) is 3. The molecule has 3 nitrogen and oxygen atoms in total. The standard InChI is InChI=1S/C12H14F3NO2/c1-16-9(7-12(13,14)15)8-2-3-10-11(6-8)18-5-4-17-10/h2-3,6,9,16H,4-5,7H2,1H3. The van der Waals surface area contributed by atoms with Gasteiger partial charge >= 0.3 is 6.18 Å². The number of fused-ring (bicyclic) bond motifs is 1. The van der Waals surface area contributed by atoms with Crippen LogP contribution in [0.25, 0.3) is 0 Å². The predicted molar refractivity (Wildman–Crippen MR) is 59.9 cm³/mol. The van der Waals surface area contributed by atoms with Gasteiger partial charge in [0.25, 0.3) is 0 Å². The fraction of sp³-hybridized carbons (Fsp3) is 0.500. The molecule has 1 aliphatic heterocycles. The van der Waals surface area contributed by atoms with Gasteiger partial charge in [-0.1, -0.05) is 6.07 Å². The first-order valence-corrected chi connectivity index (χ1v) is 5.63. The van der Waals surface area contributed by atoms with E-state index in [-0.39, 0.29) is 0 Å². The molecule has 2 rings (SSSR count). The van der Waals surface area contributed by atoms with Crippen LogP contribution in [0.2, 0.25) is 0 Å². The van der Waals surface area contributed by atoms with Gasteiger partial charge in [0.05, 0.1) is 6.42 Å². The SMILES string of the molecule is CNC(CC(F)(F)F)c1ccc2c(c1)OCCO2. The molecule has 0 saturated heterocycles. The van der Waals surface area contributed by atoms with Gasteiger partial charge in [0.15, 0.2) is 11.5 Å². The lowest BCUT2D eigenvalue weighted by molar-refractivity contribution is -0.140. The molecule has 0 radical (unpaired) electrons. The highest BCUT2D eigenvalue weighted by Crippen LogP contribution is 2.35. The van der Waals surface area contributed by atoms with Crippen molar-refractivity contribution in [1.82, 2.24) is 5.32 Å². The minimum atomic E-state index is -4.21. The summed E-state index contributed by atoms with van der Waals surface area (Å²) >= 11 is 0. The van der Waals surface area contributed by atoms with Crippen LogP contribution in [0.5, 0.6) is 11.5 Å². The van der Waals surface area contributed by atoms with Crippen molar-refractivity contribution in [2.45, 2.75) is 18.6 Å². The molecule has 1 heterocycles. The van der Waals surface area contributed by atoms with E-state index < -0.39 is 18.6 Å². The number of ether oxygens (including phenoxy) is 2. The fourth-order valence-electron chi connectivity index (χ4n) is 1.89. The summed E-state index contributed by atoms with van der Waals surface area (Å²) in [5.74, 6) is 1.08. The minimum Gasteiger partial charge on any atom is -0.486 e. The number of halogens is 3. The Hall–Kier alpha value is -1.43. The Morgan fingerprint density at radius 3 is 2.50 bits per heavy atom. The van der Waals surface area contributed by atoms with Crippen molar-refractivity contribution in [3.63, 3.8) is 0 Å². The zero-order chi connectivity index (χ0) is 13.2. The van der Waals surface area contributed by atoms with Crippen LogP contribution in [-0.2, 0) is 0 Å². The molecule has 0 fully saturated rings. The summed E-state index contributed by atoms with van der Waals surface area (Å²) in [6, 6.07) is 4.09. The zero-order valence-electron chi connectivity index (χ0n) is 9.88. The highest BCUT2D eigenvalue weighted by atomic mass is 19.4. The molecule has 0 bridgehead atoms. The van der Waals surface area contributed by atoms with E-state index in [1.807, 2.05) is 0 Å². The topological polar surface area (TPSA) is 30.5 Å². The van der Waals surface area contributed by atoms with Gasteiger partial charge in [-0.25, -0.2) is 0 Å². The van der Waals surface area contributed by atoms with Crippen LogP contribution in [-0.4, -0.2) is 26.4 Å². The van der Waals surface area contributed by atoms with Crippen LogP contribution in [0.3, 0.4) is 0 Å². The first-order chi connectivity index (χ1) is 8.49. The van der Waals surface area contributed by atoms with E-state index in [1.54, 1.807) is 18.2 Å². The molecule has 1 aromatic carbocycles. The van der Waals surface area contributed by atoms with E-state index >= 15 is 0 Å². The van der Waals surface area contributed by atoms with Crippen molar-refractivity contribution in [2.75, 3.05) is 20.3 Å². The summed E-state index contributed by atoms with van der Waals surface area (Å²) in [5, 5.41) is 2.67. The molecule has 18 heavy (non-hydrogen) atoms. The quantitative estimate of drug-likeness (QED) is 0.907. The summed E-state index contributed by atoms with van der Waals surface area (Å²) in [5.41, 5.74) is 0.541. The van der Waals surface area contributed by atoms with Gasteiger partial charge in [0.2, 0.25) is 0 Å². The average Bonchev–Trinajstić information content (AvgIpc) is 2.34. The third-order valence-electron chi connectivity index (χ3n) is 2.75. The molecule has 1 aliphatic rings. The molecule has 0 saturated carbocycles. The van der Waals surface area contributed by atoms with Gasteiger partial charge in [-0.3, -0.25) is 0 Å². The summed E-state index contributed by atoms with van der Waals surface area (Å²) < 4.78 is 47.9. The lowest BCUT2D eigenvalue weighted by atomic mass is 10.0. The Morgan fingerprint density at radius 1 is 1.22 bits per heavy atom. The lowest BCUT2D eigenvalue weighted by Crippen LogP contribution is -2.24. The Labute approximate surface area is 103 Å². The van der Waals surface area contributed by atoms with Crippen LogP contribution in [0.15, 0.2) is 18.2 Å². The molecule has 0 spiro atoms. The summed E-state index contributed by atoms with van der Waals surface area (Å²) in [4.78, 5) is 0. The molecule has 1 unspecified atom stereocenters. The van der Waals surface area contributed by atoms with Crippen molar-refractivity contribution < 1.29 is 22.6 Å². The third-order valence-corrected chi connectivity index (χ3v) is 2.75. The van der Waals surface area contributed by atoms with E-state index in [9.17, 15) is 13.2 Å². The molecule has 1 N–H and O–H groups in total. The zero-order valence-corrected chi connectivity index (χ0v) is 9.88. The highest BCUT2D eigenvalue weighted by molar-refractivity contribution is 5.44. The molecule has 0 aromatic heterocycles. The number of rotatable bonds is 3. The van der Waals surface area contributed by atoms with Gasteiger partial charge < -0.3 is 14.8 Å². The van der Waals surface area contributed by atoms with Gasteiger partial charge in [-0.2, -0.15) is 13.2 Å². The lowest BCUT2D eigenvalue weighted by Gasteiger charge is -2.22. The van der Waals surface area contributed by atoms with E-state index in [0.29, 0.717) is 30.3 Å². The maximum atomic E-state index is 12.4. The first-order valence-electron chi connectivity index (χ1n) is 5.63. The van der Waals surface area contributed by atoms with E-state index in [0.717, 1.165) is 0 Å². The van der Waals surface area contributed by atoms with E-state index in [4.69, 9.17) is 9.47 Å². The first kappa shape index (κ1) is 13.0. The van der Waals surface area contributed by atoms with Crippen molar-refractivity contribution in [3.05, 3.63) is 23.8 Å². The van der Waals surface area contributed by atoms with Gasteiger partial charge in [-0.15, -0.1) is 0 Å². The molecular formula is C12H14F3NO2. The largest absolute Gasteiger partial charge is 0.486 e. The molecule has 100 valence electrons. The minimum absolute atomic E-state index is 0.417. The smallest absolute Gasteiger partial charge is 0.390 e. The van der Waals surface area contributed by atoms with Crippen molar-refractivity contribution in [2.24, 2.45) is 0 Å². The second-order valence-corrected chi connectivity index (χ2v) is 4.06. The molecule has 0 amide bonds. The number of alkyl halides is 3. The fourth-order valence-corrected chi connectivity index (χ4v) is 1.89. The summed E-state index contributed by atoms with van der Waals surface area (Å²) in [6.07, 6.45) is -5.12. The normalized spacial score (nSPS) is 16.4. The van der Waals surface area contributed by atoms with Crippen LogP contribution in [0.4, 0.5) is 13.2 Å². The van der Waals surface area contributed by atoms with Crippen LogP contribution < -0.4 is 14.8 Å². The van der Waals surface area contributed by atoms with Crippen molar-refractivity contribution in [3.8, 4) is 11.5 Å². The number of hydrogen-bond donors (Lipinski definition) is 1. The number of benzene rings is 1. The third kappa shape index (κ3) is 3.07. The molecular weight excluding hydrogens is 247 g/mol. The molecule has 1 atom stereocenters. The van der Waals surface area contributed by atoms with Gasteiger partial charge in [0.1, 0.15) is 13.2 Å². The Bertz CT molecular complexity index is 420. The molecule has 1 aromatic rings. The second kappa shape index (κ2) is 5.06. The van der Waals surface area contributed by atoms with Gasteiger partial charge in [-0.05, 0) is 24.7 Å². The maximum Gasteiger partial charge on any atom is 0.390 e.